The third-order valence-corrected chi connectivity index (χ3v) is 8.44. The van der Waals surface area contributed by atoms with Crippen LogP contribution in [0.3, 0.4) is 0 Å². The van der Waals surface area contributed by atoms with Crippen molar-refractivity contribution in [1.82, 2.24) is 4.98 Å². The summed E-state index contributed by atoms with van der Waals surface area (Å²) in [6, 6.07) is 6.47. The van der Waals surface area contributed by atoms with Gasteiger partial charge in [-0.1, -0.05) is 77.6 Å². The molecule has 1 aliphatic heterocycles. The summed E-state index contributed by atoms with van der Waals surface area (Å²) in [6.45, 7) is 4.56. The first-order valence-electron chi connectivity index (χ1n) is 14.2. The van der Waals surface area contributed by atoms with E-state index in [1.165, 1.54) is 89.0 Å². The fraction of sp³-hybridized carbons (Fsp3) is 0.821. The van der Waals surface area contributed by atoms with E-state index < -0.39 is 0 Å². The van der Waals surface area contributed by atoms with Gasteiger partial charge in [0.2, 0.25) is 0 Å². The van der Waals surface area contributed by atoms with Crippen LogP contribution in [0.2, 0.25) is 0 Å². The van der Waals surface area contributed by atoms with Crippen LogP contribution in [0.25, 0.3) is 21.3 Å². The first-order chi connectivity index (χ1) is 17.7. The van der Waals surface area contributed by atoms with Crippen LogP contribution in [0, 0.1) is 0 Å². The van der Waals surface area contributed by atoms with Crippen molar-refractivity contribution in [2.75, 3.05) is 6.54 Å². The largest absolute Gasteiger partial charge is 0 e. The average molecular weight is 582 g/mol. The average Bonchev–Trinajstić information content (AvgIpc) is 2.91. The number of aromatic nitrogens is 1. The second kappa shape index (κ2) is 15.6. The van der Waals surface area contributed by atoms with Crippen molar-refractivity contribution in [2.45, 2.75) is 140 Å². The number of nitrogens with zero attached hydrogens (tertiary/aromatic N) is 5. The van der Waals surface area contributed by atoms with Crippen LogP contribution in [0.15, 0.2) is 12.1 Å². The third-order valence-electron chi connectivity index (χ3n) is 8.44. The minimum absolute atomic E-state index is 0. The minimum atomic E-state index is 0. The van der Waals surface area contributed by atoms with Crippen molar-refractivity contribution in [3.05, 3.63) is 50.4 Å². The van der Waals surface area contributed by atoms with Gasteiger partial charge < -0.3 is 21.3 Å². The zero-order chi connectivity index (χ0) is 25.2. The normalized spacial score (nSPS) is 32.6. The van der Waals surface area contributed by atoms with Gasteiger partial charge in [-0.15, -0.1) is 13.1 Å². The van der Waals surface area contributed by atoms with Gasteiger partial charge >= 0.3 is 33.3 Å². The van der Waals surface area contributed by atoms with E-state index >= 15 is 0 Å². The zero-order valence-electron chi connectivity index (χ0n) is 21.8. The molecule has 0 spiro atoms. The van der Waals surface area contributed by atoms with Crippen LogP contribution in [0.1, 0.15) is 118 Å². The molecule has 0 N–H and O–H groups in total. The van der Waals surface area contributed by atoms with Gasteiger partial charge in [-0.3, -0.25) is 4.98 Å². The van der Waals surface area contributed by atoms with E-state index in [0.29, 0.717) is 30.1 Å². The molecule has 0 saturated heterocycles. The van der Waals surface area contributed by atoms with Crippen molar-refractivity contribution in [2.24, 2.45) is 0 Å². The predicted octanol–water partition coefficient (Wildman–Crippen LogP) is 9.76. The van der Waals surface area contributed by atoms with Gasteiger partial charge in [0, 0.05) is 15.7 Å². The second-order valence-corrected chi connectivity index (χ2v) is 13.1. The molecule has 2 bridgehead atoms. The molecule has 4 aliphatic rings. The summed E-state index contributed by atoms with van der Waals surface area (Å²) >= 11 is 0.00694. The quantitative estimate of drug-likeness (QED) is 0.304. The Bertz CT molecular complexity index is 794. The van der Waals surface area contributed by atoms with Gasteiger partial charge in [0.25, 0.3) is 0 Å². The van der Waals surface area contributed by atoms with Gasteiger partial charge in [-0.05, 0) is 36.5 Å². The maximum atomic E-state index is 5.23. The first kappa shape index (κ1) is 29.1. The van der Waals surface area contributed by atoms with Crippen molar-refractivity contribution < 1.29 is 17.4 Å². The molecule has 0 amide bonds. The summed E-state index contributed by atoms with van der Waals surface area (Å²) in [7, 11) is 9.59. The Kier molecular flexibility index (Phi) is 12.6. The van der Waals surface area contributed by atoms with Gasteiger partial charge in [-0.25, -0.2) is 0 Å². The maximum Gasteiger partial charge on any atom is 0 e. The van der Waals surface area contributed by atoms with E-state index in [1.807, 2.05) is 0 Å². The second-order valence-electron chi connectivity index (χ2n) is 11.2. The molecule has 2 unspecified atom stereocenters. The first-order valence-corrected chi connectivity index (χ1v) is 17.5. The minimum Gasteiger partial charge on any atom is 0 e. The Morgan fingerprint density at radius 3 is 1.78 bits per heavy atom. The van der Waals surface area contributed by atoms with Crippen LogP contribution in [-0.4, -0.2) is 41.7 Å². The Balaban J connectivity index is 0.00000121. The van der Waals surface area contributed by atoms with E-state index in [1.54, 1.807) is 0 Å². The summed E-state index contributed by atoms with van der Waals surface area (Å²) < 4.78 is 0. The van der Waals surface area contributed by atoms with E-state index in [0.717, 1.165) is 31.0 Å². The zero-order valence-corrected chi connectivity index (χ0v) is 24.5. The van der Waals surface area contributed by atoms with Crippen LogP contribution in [-0.2, 0) is 26.2 Å². The SMILES string of the molecule is C[C@@H]1C[N-][C@@H]2CCCC[C@H]2[N-]Cc2cc(C3CCCCC3)cc(n2)C[N-]C2CCCCC2[N-]1.[Cl][Mn][Cl].[HH].[HH].[HH]. The molecule has 5 nitrogen and oxygen atoms in total. The molecule has 0 radical (unpaired) electrons. The monoisotopic (exact) mass is 580 g/mol. The Labute approximate surface area is 238 Å². The number of pyridine rings is 1. The number of fused-ring (bicyclic) bond motifs is 4. The summed E-state index contributed by atoms with van der Waals surface area (Å²) in [4.78, 5) is 5.08. The summed E-state index contributed by atoms with van der Waals surface area (Å²) in [6.07, 6.45) is 16.6. The number of halogens is 2. The van der Waals surface area contributed by atoms with Crippen molar-refractivity contribution in [3.63, 3.8) is 0 Å². The summed E-state index contributed by atoms with van der Waals surface area (Å²) in [5.74, 6) is 0.692. The molecule has 5 rings (SSSR count). The molecule has 1 aromatic rings. The molecular weight excluding hydrogens is 532 g/mol. The van der Waals surface area contributed by atoms with Crippen LogP contribution in [0.4, 0.5) is 0 Å². The Morgan fingerprint density at radius 1 is 0.722 bits per heavy atom. The molecule has 3 aliphatic carbocycles. The topological polar surface area (TPSA) is 69.3 Å². The Morgan fingerprint density at radius 2 is 1.19 bits per heavy atom. The number of hydrogen-bond acceptors (Lipinski definition) is 1. The van der Waals surface area contributed by atoms with Gasteiger partial charge in [-0.2, -0.15) is 36.8 Å². The summed E-state index contributed by atoms with van der Waals surface area (Å²) in [5.41, 5.74) is 3.80. The van der Waals surface area contributed by atoms with Crippen molar-refractivity contribution in [1.29, 1.82) is 0 Å². The standard InChI is InChI=1S/C28H43N5.2ClH.Mn.3H2/c1-20-17-29-25-11-5-6-12-26(25)30-18-23-15-22(21-9-3-2-4-10-21)16-24(33-23)19-31-27-13-7-8-14-28(27)32-20;;;;;;/h15-16,20-21,25-28H,2-14,17-19H2,1H3;2*1H;;3*1H/q-4;;;+2;;;/p-2/t20-,25-,26-,27?,28?;;;;;;/m1....../s1. The molecule has 36 heavy (non-hydrogen) atoms. The van der Waals surface area contributed by atoms with E-state index in [4.69, 9.17) is 46.4 Å². The van der Waals surface area contributed by atoms with Gasteiger partial charge in [0.05, 0.1) is 0 Å². The molecule has 0 aromatic carbocycles. The van der Waals surface area contributed by atoms with Gasteiger partial charge in [0.1, 0.15) is 0 Å². The van der Waals surface area contributed by atoms with Crippen LogP contribution < -0.4 is 0 Å². The Hall–Kier alpha value is 0.0895. The molecule has 3 saturated carbocycles. The van der Waals surface area contributed by atoms with E-state index in [9.17, 15) is 0 Å². The van der Waals surface area contributed by atoms with E-state index in [2.05, 4.69) is 19.1 Å². The molecule has 3 fully saturated rings. The maximum absolute atomic E-state index is 5.23. The molecule has 1 aromatic heterocycles. The fourth-order valence-electron chi connectivity index (χ4n) is 6.59. The molecule has 5 atom stereocenters. The van der Waals surface area contributed by atoms with Gasteiger partial charge in [0.15, 0.2) is 0 Å². The molecule has 2 heterocycles. The molecule has 211 valence electrons. The predicted molar refractivity (Wildman–Crippen MR) is 155 cm³/mol. The summed E-state index contributed by atoms with van der Waals surface area (Å²) in [5, 5.41) is 20.8. The number of hydrogen-bond donors (Lipinski definition) is 0. The van der Waals surface area contributed by atoms with Crippen LogP contribution in [0.5, 0.6) is 0 Å². The van der Waals surface area contributed by atoms with Crippen molar-refractivity contribution in [3.8, 4) is 0 Å². The molecular formula is C28H49Cl2MnN5-4. The van der Waals surface area contributed by atoms with Crippen LogP contribution >= 0.6 is 20.2 Å². The fourth-order valence-corrected chi connectivity index (χ4v) is 6.59. The smallest absolute Gasteiger partial charge is 0 e. The van der Waals surface area contributed by atoms with Crippen molar-refractivity contribution >= 4 is 20.2 Å². The van der Waals surface area contributed by atoms with E-state index in [-0.39, 0.29) is 23.5 Å². The number of rotatable bonds is 1. The third kappa shape index (κ3) is 8.81. The molecule has 8 heteroatoms.